The zero-order valence-electron chi connectivity index (χ0n) is 12.0. The third-order valence-corrected chi connectivity index (χ3v) is 4.26. The molecule has 23 heavy (non-hydrogen) atoms. The molecule has 1 aliphatic rings. The largest absolute Gasteiger partial charge is 0.454 e. The van der Waals surface area contributed by atoms with Gasteiger partial charge in [-0.15, -0.1) is 0 Å². The zero-order chi connectivity index (χ0) is 16.4. The van der Waals surface area contributed by atoms with E-state index in [4.69, 9.17) is 14.6 Å². The van der Waals surface area contributed by atoms with Gasteiger partial charge in [0.2, 0.25) is 16.8 Å². The molecule has 0 atom stereocenters. The first-order valence-corrected chi connectivity index (χ1v) is 8.28. The molecular formula is C15H14N2O5S. The fraction of sp³-hybridized carbons (Fsp3) is 0.133. The van der Waals surface area contributed by atoms with Gasteiger partial charge in [0.05, 0.1) is 4.90 Å². The maximum atomic E-state index is 12.1. The molecule has 2 aromatic carbocycles. The van der Waals surface area contributed by atoms with Crippen molar-refractivity contribution in [2.75, 3.05) is 6.79 Å². The summed E-state index contributed by atoms with van der Waals surface area (Å²) < 4.78 is 32.8. The Morgan fingerprint density at radius 2 is 1.78 bits per heavy atom. The first kappa shape index (κ1) is 15.3. The van der Waals surface area contributed by atoms with E-state index in [9.17, 15) is 13.2 Å². The third-order valence-electron chi connectivity index (χ3n) is 3.34. The number of hydrogen-bond acceptors (Lipinski definition) is 5. The Bertz CT molecular complexity index is 847. The van der Waals surface area contributed by atoms with E-state index in [1.165, 1.54) is 24.3 Å². The summed E-state index contributed by atoms with van der Waals surface area (Å²) in [5.74, 6) is 1.01. The normalized spacial score (nSPS) is 12.9. The smallest absolute Gasteiger partial charge is 0.251 e. The molecule has 0 saturated carbocycles. The second-order valence-corrected chi connectivity index (χ2v) is 6.50. The van der Waals surface area contributed by atoms with Crippen LogP contribution in [0.15, 0.2) is 47.4 Å². The average Bonchev–Trinajstić information content (AvgIpc) is 2.99. The highest BCUT2D eigenvalue weighted by molar-refractivity contribution is 7.89. The molecule has 0 spiro atoms. The van der Waals surface area contributed by atoms with Crippen molar-refractivity contribution in [3.63, 3.8) is 0 Å². The number of primary sulfonamides is 1. The van der Waals surface area contributed by atoms with Crippen LogP contribution in [0.5, 0.6) is 11.5 Å². The van der Waals surface area contributed by atoms with Crippen molar-refractivity contribution in [3.8, 4) is 11.5 Å². The van der Waals surface area contributed by atoms with Gasteiger partial charge in [-0.2, -0.15) is 0 Å². The number of amides is 1. The minimum Gasteiger partial charge on any atom is -0.454 e. The summed E-state index contributed by atoms with van der Waals surface area (Å²) in [5.41, 5.74) is 1.21. The molecule has 1 amide bonds. The van der Waals surface area contributed by atoms with Gasteiger partial charge in [-0.1, -0.05) is 6.07 Å². The van der Waals surface area contributed by atoms with E-state index < -0.39 is 10.0 Å². The molecule has 2 aromatic rings. The van der Waals surface area contributed by atoms with Crippen molar-refractivity contribution >= 4 is 15.9 Å². The van der Waals surface area contributed by atoms with Crippen LogP contribution in [0, 0.1) is 0 Å². The van der Waals surface area contributed by atoms with E-state index >= 15 is 0 Å². The number of ether oxygens (including phenoxy) is 2. The van der Waals surface area contributed by atoms with E-state index in [-0.39, 0.29) is 17.6 Å². The van der Waals surface area contributed by atoms with Gasteiger partial charge < -0.3 is 14.8 Å². The van der Waals surface area contributed by atoms with Gasteiger partial charge in [-0.05, 0) is 42.0 Å². The highest BCUT2D eigenvalue weighted by Gasteiger charge is 2.14. The molecule has 0 aromatic heterocycles. The number of fused-ring (bicyclic) bond motifs is 1. The molecule has 8 heteroatoms. The number of nitrogens with two attached hydrogens (primary N) is 1. The third kappa shape index (κ3) is 3.43. The molecule has 1 heterocycles. The van der Waals surface area contributed by atoms with Gasteiger partial charge in [0, 0.05) is 12.1 Å². The van der Waals surface area contributed by atoms with Crippen LogP contribution >= 0.6 is 0 Å². The Labute approximate surface area is 133 Å². The number of hydrogen-bond donors (Lipinski definition) is 2. The summed E-state index contributed by atoms with van der Waals surface area (Å²) in [7, 11) is -3.76. The number of sulfonamides is 1. The van der Waals surface area contributed by atoms with Crippen LogP contribution in [0.2, 0.25) is 0 Å². The van der Waals surface area contributed by atoms with Gasteiger partial charge >= 0.3 is 0 Å². The van der Waals surface area contributed by atoms with Crippen molar-refractivity contribution in [2.24, 2.45) is 5.14 Å². The number of carbonyl (C=O) groups is 1. The summed E-state index contributed by atoms with van der Waals surface area (Å²) in [6, 6.07) is 10.8. The van der Waals surface area contributed by atoms with E-state index in [1.54, 1.807) is 12.1 Å². The van der Waals surface area contributed by atoms with Gasteiger partial charge in [-0.25, -0.2) is 13.6 Å². The summed E-state index contributed by atoms with van der Waals surface area (Å²) >= 11 is 0. The predicted molar refractivity (Wildman–Crippen MR) is 81.6 cm³/mol. The molecule has 1 aliphatic heterocycles. The standard InChI is InChI=1S/C15H14N2O5S/c16-23(19,20)12-4-2-11(3-5-12)15(18)17-8-10-1-6-13-14(7-10)22-9-21-13/h1-7H,8-9H2,(H,17,18)(H2,16,19,20). The topological polar surface area (TPSA) is 108 Å². The monoisotopic (exact) mass is 334 g/mol. The minimum absolute atomic E-state index is 0.0372. The Hall–Kier alpha value is -2.58. The van der Waals surface area contributed by atoms with Gasteiger partial charge in [0.1, 0.15) is 0 Å². The maximum absolute atomic E-state index is 12.1. The van der Waals surface area contributed by atoms with Crippen LogP contribution in [0.1, 0.15) is 15.9 Å². The Kier molecular flexibility index (Phi) is 3.93. The van der Waals surface area contributed by atoms with Crippen molar-refractivity contribution in [1.29, 1.82) is 0 Å². The van der Waals surface area contributed by atoms with Gasteiger partial charge in [0.15, 0.2) is 11.5 Å². The number of benzene rings is 2. The lowest BCUT2D eigenvalue weighted by molar-refractivity contribution is 0.0950. The lowest BCUT2D eigenvalue weighted by Crippen LogP contribution is -2.23. The molecule has 120 valence electrons. The molecule has 0 saturated heterocycles. The molecule has 0 bridgehead atoms. The predicted octanol–water partition coefficient (Wildman–Crippen LogP) is 0.993. The lowest BCUT2D eigenvalue weighted by Gasteiger charge is -2.07. The highest BCUT2D eigenvalue weighted by atomic mass is 32.2. The number of carbonyl (C=O) groups excluding carboxylic acids is 1. The van der Waals surface area contributed by atoms with Crippen LogP contribution in [-0.2, 0) is 16.6 Å². The van der Waals surface area contributed by atoms with Crippen molar-refractivity contribution < 1.29 is 22.7 Å². The van der Waals surface area contributed by atoms with E-state index in [1.807, 2.05) is 6.07 Å². The molecule has 0 fully saturated rings. The quantitative estimate of drug-likeness (QED) is 0.867. The van der Waals surface area contributed by atoms with Crippen molar-refractivity contribution in [1.82, 2.24) is 5.32 Å². The fourth-order valence-corrected chi connectivity index (χ4v) is 2.65. The molecular weight excluding hydrogens is 320 g/mol. The Morgan fingerprint density at radius 3 is 2.48 bits per heavy atom. The van der Waals surface area contributed by atoms with Crippen molar-refractivity contribution in [3.05, 3.63) is 53.6 Å². The second-order valence-electron chi connectivity index (χ2n) is 4.94. The van der Waals surface area contributed by atoms with Crippen LogP contribution < -0.4 is 19.9 Å². The first-order chi connectivity index (χ1) is 10.9. The summed E-state index contributed by atoms with van der Waals surface area (Å²) in [6.07, 6.45) is 0. The van der Waals surface area contributed by atoms with E-state index in [0.717, 1.165) is 5.56 Å². The number of rotatable bonds is 4. The molecule has 0 aliphatic carbocycles. The SMILES string of the molecule is NS(=O)(=O)c1ccc(C(=O)NCc2ccc3c(c2)OCO3)cc1. The van der Waals surface area contributed by atoms with Crippen LogP contribution in [0.25, 0.3) is 0 Å². The molecule has 0 radical (unpaired) electrons. The second kappa shape index (κ2) is 5.90. The maximum Gasteiger partial charge on any atom is 0.251 e. The zero-order valence-corrected chi connectivity index (χ0v) is 12.8. The highest BCUT2D eigenvalue weighted by Crippen LogP contribution is 2.32. The molecule has 0 unspecified atom stereocenters. The molecule has 7 nitrogen and oxygen atoms in total. The Morgan fingerprint density at radius 1 is 1.09 bits per heavy atom. The summed E-state index contributed by atoms with van der Waals surface area (Å²) in [5, 5.41) is 7.76. The minimum atomic E-state index is -3.76. The fourth-order valence-electron chi connectivity index (χ4n) is 2.13. The van der Waals surface area contributed by atoms with Crippen molar-refractivity contribution in [2.45, 2.75) is 11.4 Å². The van der Waals surface area contributed by atoms with Crippen LogP contribution in [0.3, 0.4) is 0 Å². The Balaban J connectivity index is 1.65. The molecule has 3 N–H and O–H groups in total. The average molecular weight is 334 g/mol. The first-order valence-electron chi connectivity index (χ1n) is 6.73. The summed E-state index contributed by atoms with van der Waals surface area (Å²) in [6.45, 7) is 0.508. The van der Waals surface area contributed by atoms with Crippen LogP contribution in [0.4, 0.5) is 0 Å². The summed E-state index contributed by atoms with van der Waals surface area (Å²) in [4.78, 5) is 12.0. The number of nitrogens with one attached hydrogen (secondary N) is 1. The molecule has 3 rings (SSSR count). The van der Waals surface area contributed by atoms with Gasteiger partial charge in [-0.3, -0.25) is 4.79 Å². The van der Waals surface area contributed by atoms with Crippen LogP contribution in [-0.4, -0.2) is 21.1 Å². The van der Waals surface area contributed by atoms with E-state index in [0.29, 0.717) is 23.6 Å². The van der Waals surface area contributed by atoms with E-state index in [2.05, 4.69) is 5.32 Å². The van der Waals surface area contributed by atoms with Gasteiger partial charge in [0.25, 0.3) is 5.91 Å². The lowest BCUT2D eigenvalue weighted by atomic mass is 10.2.